The molecule has 1 aromatic carbocycles. The maximum Gasteiger partial charge on any atom is 0.270 e. The van der Waals surface area contributed by atoms with Crippen molar-refractivity contribution in [2.24, 2.45) is 0 Å². The van der Waals surface area contributed by atoms with E-state index in [0.29, 0.717) is 6.67 Å². The van der Waals surface area contributed by atoms with Crippen LogP contribution in [0.1, 0.15) is 18.4 Å². The summed E-state index contributed by atoms with van der Waals surface area (Å²) in [7, 11) is 0. The highest BCUT2D eigenvalue weighted by Gasteiger charge is 2.18. The molecular weight excluding hydrogens is 222 g/mol. The molecule has 0 radical (unpaired) electrons. The number of nitriles is 1. The summed E-state index contributed by atoms with van der Waals surface area (Å²) in [6, 6.07) is 12.2. The van der Waals surface area contributed by atoms with Gasteiger partial charge in [0.2, 0.25) is 0 Å². The average molecular weight is 237 g/mol. The Hall–Kier alpha value is -2.10. The fourth-order valence-electron chi connectivity index (χ4n) is 2.27. The number of hydrogen-bond acceptors (Lipinski definition) is 2. The standard InChI is InChI=1S/C15H15N3/c1-17-12-18-9-7-14(8-10-18)15(11-16)13-5-3-2-4-6-13/h2-6H,7-10,12H2. The Kier molecular flexibility index (Phi) is 4.12. The van der Waals surface area contributed by atoms with E-state index in [1.54, 1.807) is 0 Å². The van der Waals surface area contributed by atoms with Crippen molar-refractivity contribution in [2.45, 2.75) is 12.8 Å². The Morgan fingerprint density at radius 2 is 1.94 bits per heavy atom. The lowest BCUT2D eigenvalue weighted by Crippen LogP contribution is -2.30. The molecule has 3 heteroatoms. The highest BCUT2D eigenvalue weighted by molar-refractivity contribution is 5.79. The molecule has 0 amide bonds. The molecule has 1 aromatic rings. The molecule has 0 spiro atoms. The quantitative estimate of drug-likeness (QED) is 0.585. The van der Waals surface area contributed by atoms with Gasteiger partial charge in [-0.25, -0.2) is 11.5 Å². The van der Waals surface area contributed by atoms with Crippen molar-refractivity contribution < 1.29 is 0 Å². The molecule has 0 atom stereocenters. The van der Waals surface area contributed by atoms with E-state index < -0.39 is 0 Å². The maximum absolute atomic E-state index is 9.33. The van der Waals surface area contributed by atoms with Crippen LogP contribution in [-0.4, -0.2) is 24.7 Å². The Labute approximate surface area is 108 Å². The topological polar surface area (TPSA) is 31.4 Å². The first-order chi connectivity index (χ1) is 8.85. The first-order valence-electron chi connectivity index (χ1n) is 6.08. The molecule has 0 N–H and O–H groups in total. The van der Waals surface area contributed by atoms with Gasteiger partial charge in [0.15, 0.2) is 0 Å². The molecule has 0 aromatic heterocycles. The summed E-state index contributed by atoms with van der Waals surface area (Å²) in [6.45, 7) is 9.11. The fraction of sp³-hybridized carbons (Fsp3) is 0.333. The molecule has 0 bridgehead atoms. The van der Waals surface area contributed by atoms with Crippen LogP contribution in [0.4, 0.5) is 0 Å². The molecule has 0 unspecified atom stereocenters. The Morgan fingerprint density at radius 3 is 2.50 bits per heavy atom. The van der Waals surface area contributed by atoms with Gasteiger partial charge in [-0.3, -0.25) is 4.85 Å². The SMILES string of the molecule is [C-]#[N+]CN1CCC(=C(C#N)c2ccccc2)CC1. The van der Waals surface area contributed by atoms with Gasteiger partial charge in [-0.05, 0) is 24.0 Å². The van der Waals surface area contributed by atoms with Gasteiger partial charge in [0.1, 0.15) is 0 Å². The van der Waals surface area contributed by atoms with E-state index in [2.05, 4.69) is 15.8 Å². The molecule has 18 heavy (non-hydrogen) atoms. The lowest BCUT2D eigenvalue weighted by Gasteiger charge is -2.24. The molecule has 1 saturated heterocycles. The summed E-state index contributed by atoms with van der Waals surface area (Å²) in [5.41, 5.74) is 3.05. The van der Waals surface area contributed by atoms with E-state index in [1.165, 1.54) is 5.57 Å². The number of piperidine rings is 1. The Bertz CT molecular complexity index is 507. The van der Waals surface area contributed by atoms with E-state index in [-0.39, 0.29) is 0 Å². The van der Waals surface area contributed by atoms with Crippen molar-refractivity contribution in [3.05, 3.63) is 52.9 Å². The third-order valence-corrected chi connectivity index (χ3v) is 3.26. The lowest BCUT2D eigenvalue weighted by atomic mass is 9.94. The van der Waals surface area contributed by atoms with Gasteiger partial charge in [-0.2, -0.15) is 5.26 Å². The van der Waals surface area contributed by atoms with Crippen molar-refractivity contribution in [1.82, 2.24) is 4.90 Å². The Balaban J connectivity index is 2.17. The van der Waals surface area contributed by atoms with Gasteiger partial charge >= 0.3 is 0 Å². The van der Waals surface area contributed by atoms with Gasteiger partial charge < -0.3 is 0 Å². The second-order valence-electron chi connectivity index (χ2n) is 4.37. The maximum atomic E-state index is 9.33. The van der Waals surface area contributed by atoms with Crippen LogP contribution in [0.15, 0.2) is 35.9 Å². The molecule has 1 aliphatic rings. The van der Waals surface area contributed by atoms with Crippen LogP contribution in [-0.2, 0) is 0 Å². The number of likely N-dealkylation sites (tertiary alicyclic amines) is 1. The summed E-state index contributed by atoms with van der Waals surface area (Å²) in [4.78, 5) is 5.54. The smallest absolute Gasteiger partial charge is 0.270 e. The molecule has 90 valence electrons. The predicted molar refractivity (Wildman–Crippen MR) is 71.3 cm³/mol. The first kappa shape index (κ1) is 12.4. The largest absolute Gasteiger partial charge is 0.299 e. The van der Waals surface area contributed by atoms with Crippen LogP contribution in [0.3, 0.4) is 0 Å². The summed E-state index contributed by atoms with van der Waals surface area (Å²) in [5, 5.41) is 9.33. The second-order valence-corrected chi connectivity index (χ2v) is 4.37. The van der Waals surface area contributed by atoms with Crippen LogP contribution in [0.25, 0.3) is 10.4 Å². The first-order valence-corrected chi connectivity index (χ1v) is 6.08. The third-order valence-electron chi connectivity index (χ3n) is 3.26. The van der Waals surface area contributed by atoms with E-state index in [4.69, 9.17) is 6.57 Å². The van der Waals surface area contributed by atoms with E-state index in [1.807, 2.05) is 30.3 Å². The van der Waals surface area contributed by atoms with Gasteiger partial charge in [-0.1, -0.05) is 30.3 Å². The summed E-state index contributed by atoms with van der Waals surface area (Å²) >= 11 is 0. The highest BCUT2D eigenvalue weighted by Crippen LogP contribution is 2.26. The van der Waals surface area contributed by atoms with E-state index in [0.717, 1.165) is 37.1 Å². The van der Waals surface area contributed by atoms with Crippen LogP contribution >= 0.6 is 0 Å². The van der Waals surface area contributed by atoms with Crippen molar-refractivity contribution in [1.29, 1.82) is 5.26 Å². The zero-order valence-electron chi connectivity index (χ0n) is 10.3. The van der Waals surface area contributed by atoms with Gasteiger partial charge in [0.05, 0.1) is 11.6 Å². The molecule has 1 heterocycles. The number of rotatable bonds is 2. The van der Waals surface area contributed by atoms with Gasteiger partial charge in [-0.15, -0.1) is 0 Å². The number of nitrogens with zero attached hydrogens (tertiary/aromatic N) is 3. The van der Waals surface area contributed by atoms with Gasteiger partial charge in [0.25, 0.3) is 6.67 Å². The van der Waals surface area contributed by atoms with E-state index >= 15 is 0 Å². The van der Waals surface area contributed by atoms with Crippen LogP contribution in [0, 0.1) is 17.9 Å². The van der Waals surface area contributed by atoms with Crippen molar-refractivity contribution in [2.75, 3.05) is 19.8 Å². The molecule has 1 fully saturated rings. The van der Waals surface area contributed by atoms with Crippen LogP contribution in [0.5, 0.6) is 0 Å². The van der Waals surface area contributed by atoms with Crippen LogP contribution < -0.4 is 0 Å². The lowest BCUT2D eigenvalue weighted by molar-refractivity contribution is 0.282. The summed E-state index contributed by atoms with van der Waals surface area (Å²) in [5.74, 6) is 0. The van der Waals surface area contributed by atoms with Crippen molar-refractivity contribution in [3.8, 4) is 6.07 Å². The number of hydrogen-bond donors (Lipinski definition) is 0. The summed E-state index contributed by atoms with van der Waals surface area (Å²) < 4.78 is 0. The monoisotopic (exact) mass is 237 g/mol. The van der Waals surface area contributed by atoms with Crippen molar-refractivity contribution in [3.63, 3.8) is 0 Å². The normalized spacial score (nSPS) is 15.8. The molecule has 0 aliphatic carbocycles. The number of benzene rings is 1. The minimum Gasteiger partial charge on any atom is -0.299 e. The van der Waals surface area contributed by atoms with Gasteiger partial charge in [0, 0.05) is 13.1 Å². The fourth-order valence-corrected chi connectivity index (χ4v) is 2.27. The zero-order chi connectivity index (χ0) is 12.8. The van der Waals surface area contributed by atoms with E-state index in [9.17, 15) is 5.26 Å². The third kappa shape index (κ3) is 2.77. The zero-order valence-corrected chi connectivity index (χ0v) is 10.3. The molecule has 2 rings (SSSR count). The highest BCUT2D eigenvalue weighted by atomic mass is 15.2. The minimum atomic E-state index is 0.473. The predicted octanol–water partition coefficient (Wildman–Crippen LogP) is 2.94. The van der Waals surface area contributed by atoms with Crippen molar-refractivity contribution >= 4 is 5.57 Å². The number of allylic oxidation sites excluding steroid dienone is 1. The molecule has 1 aliphatic heterocycles. The molecular formula is C15H15N3. The molecule has 0 saturated carbocycles. The van der Waals surface area contributed by atoms with Crippen LogP contribution in [0.2, 0.25) is 0 Å². The minimum absolute atomic E-state index is 0.473. The average Bonchev–Trinajstić information content (AvgIpc) is 2.43. The Morgan fingerprint density at radius 1 is 1.28 bits per heavy atom. The molecule has 3 nitrogen and oxygen atoms in total. The summed E-state index contributed by atoms with van der Waals surface area (Å²) in [6.07, 6.45) is 1.79. The second kappa shape index (κ2) is 6.00.